The third kappa shape index (κ3) is 3.56. The largest absolute Gasteiger partial charge is 0.508 e. The van der Waals surface area contributed by atoms with E-state index in [1.54, 1.807) is 19.2 Å². The number of fused-ring (bicyclic) bond motifs is 1. The number of rotatable bonds is 5. The lowest BCUT2D eigenvalue weighted by atomic mass is 9.99. The number of hydrogen-bond acceptors (Lipinski definition) is 4. The first-order valence-corrected chi connectivity index (χ1v) is 7.74. The summed E-state index contributed by atoms with van der Waals surface area (Å²) in [6.07, 6.45) is 2.09. The molecular formula is C19H17N3O3. The molecular weight excluding hydrogens is 318 g/mol. The highest BCUT2D eigenvalue weighted by Gasteiger charge is 2.20. The normalized spacial score (nSPS) is 11.7. The second kappa shape index (κ2) is 6.97. The van der Waals surface area contributed by atoms with Crippen LogP contribution in [0.1, 0.15) is 5.56 Å². The smallest absolute Gasteiger partial charge is 0.242 e. The van der Waals surface area contributed by atoms with E-state index < -0.39 is 5.92 Å². The molecule has 0 spiro atoms. The number of carbonyl (C=O) groups excluding carboxylic acids is 1. The predicted octanol–water partition coefficient (Wildman–Crippen LogP) is 3.20. The van der Waals surface area contributed by atoms with Crippen LogP contribution in [0.5, 0.6) is 11.5 Å². The van der Waals surface area contributed by atoms with Crippen molar-refractivity contribution in [3.8, 4) is 17.6 Å². The quantitative estimate of drug-likeness (QED) is 0.624. The van der Waals surface area contributed by atoms with Gasteiger partial charge in [-0.15, -0.1) is 0 Å². The van der Waals surface area contributed by atoms with E-state index in [9.17, 15) is 15.2 Å². The lowest BCUT2D eigenvalue weighted by molar-refractivity contribution is -0.118. The molecule has 1 heterocycles. The molecule has 0 fully saturated rings. The molecule has 6 nitrogen and oxygen atoms in total. The zero-order valence-electron chi connectivity index (χ0n) is 13.6. The maximum Gasteiger partial charge on any atom is 0.242 e. The van der Waals surface area contributed by atoms with Gasteiger partial charge < -0.3 is 20.1 Å². The number of nitrogens with one attached hydrogen (secondary N) is 2. The van der Waals surface area contributed by atoms with E-state index >= 15 is 0 Å². The van der Waals surface area contributed by atoms with Crippen molar-refractivity contribution in [1.82, 2.24) is 4.98 Å². The maximum atomic E-state index is 12.4. The fraction of sp³-hybridized carbons (Fsp3) is 0.158. The van der Waals surface area contributed by atoms with Crippen molar-refractivity contribution < 1.29 is 14.6 Å². The van der Waals surface area contributed by atoms with Crippen LogP contribution in [0.25, 0.3) is 10.9 Å². The standard InChI is InChI=1S/C19H17N3O3/c1-25-16-6-7-18-17(9-16)13(11-21-18)8-12(10-20)19(24)22-14-2-4-15(23)5-3-14/h2-7,9,11-12,21,23H,8H2,1H3,(H,22,24). The Bertz CT molecular complexity index is 939. The van der Waals surface area contributed by atoms with Gasteiger partial charge >= 0.3 is 0 Å². The van der Waals surface area contributed by atoms with Crippen LogP contribution in [-0.4, -0.2) is 23.1 Å². The lowest BCUT2D eigenvalue weighted by Gasteiger charge is -2.10. The van der Waals surface area contributed by atoms with Gasteiger partial charge in [0.15, 0.2) is 0 Å². The van der Waals surface area contributed by atoms with E-state index in [1.165, 1.54) is 12.1 Å². The third-order valence-corrected chi connectivity index (χ3v) is 4.01. The van der Waals surface area contributed by atoms with Crippen molar-refractivity contribution in [1.29, 1.82) is 5.26 Å². The molecule has 1 unspecified atom stereocenters. The Morgan fingerprint density at radius 2 is 2.08 bits per heavy atom. The predicted molar refractivity (Wildman–Crippen MR) is 94.4 cm³/mol. The van der Waals surface area contributed by atoms with E-state index in [2.05, 4.69) is 16.4 Å². The molecule has 0 aliphatic rings. The van der Waals surface area contributed by atoms with E-state index in [1.807, 2.05) is 24.4 Å². The number of phenols is 1. The summed E-state index contributed by atoms with van der Waals surface area (Å²) >= 11 is 0. The Morgan fingerprint density at radius 1 is 1.32 bits per heavy atom. The highest BCUT2D eigenvalue weighted by Crippen LogP contribution is 2.26. The van der Waals surface area contributed by atoms with Crippen molar-refractivity contribution in [3.05, 3.63) is 54.2 Å². The lowest BCUT2D eigenvalue weighted by Crippen LogP contribution is -2.23. The molecule has 0 aliphatic heterocycles. The van der Waals surface area contributed by atoms with Crippen molar-refractivity contribution in [2.45, 2.75) is 6.42 Å². The number of aromatic amines is 1. The zero-order valence-corrected chi connectivity index (χ0v) is 13.6. The summed E-state index contributed by atoms with van der Waals surface area (Å²) in [6.45, 7) is 0. The maximum absolute atomic E-state index is 12.4. The highest BCUT2D eigenvalue weighted by molar-refractivity contribution is 5.95. The number of H-pyrrole nitrogens is 1. The van der Waals surface area contributed by atoms with Gasteiger partial charge in [-0.05, 0) is 54.4 Å². The monoisotopic (exact) mass is 335 g/mol. The summed E-state index contributed by atoms with van der Waals surface area (Å²) in [6, 6.07) is 13.8. The molecule has 0 aliphatic carbocycles. The van der Waals surface area contributed by atoms with Crippen molar-refractivity contribution in [3.63, 3.8) is 0 Å². The molecule has 0 saturated heterocycles. The minimum Gasteiger partial charge on any atom is -0.508 e. The van der Waals surface area contributed by atoms with Crippen LogP contribution >= 0.6 is 0 Å². The number of hydrogen-bond donors (Lipinski definition) is 3. The second-order valence-corrected chi connectivity index (χ2v) is 5.65. The molecule has 0 bridgehead atoms. The number of benzene rings is 2. The van der Waals surface area contributed by atoms with E-state index in [-0.39, 0.29) is 18.1 Å². The third-order valence-electron chi connectivity index (χ3n) is 4.01. The molecule has 1 atom stereocenters. The van der Waals surface area contributed by atoms with Crippen molar-refractivity contribution in [2.75, 3.05) is 12.4 Å². The summed E-state index contributed by atoms with van der Waals surface area (Å²) in [5.41, 5.74) is 2.33. The van der Waals surface area contributed by atoms with Gasteiger partial charge in [0.2, 0.25) is 5.91 Å². The molecule has 3 rings (SSSR count). The number of aromatic nitrogens is 1. The van der Waals surface area contributed by atoms with Gasteiger partial charge in [0.25, 0.3) is 0 Å². The molecule has 0 saturated carbocycles. The Balaban J connectivity index is 1.79. The molecule has 2 aromatic carbocycles. The summed E-state index contributed by atoms with van der Waals surface area (Å²) in [5.74, 6) is -0.387. The SMILES string of the molecule is COc1ccc2[nH]cc(CC(C#N)C(=O)Nc3ccc(O)cc3)c2c1. The summed E-state index contributed by atoms with van der Waals surface area (Å²) in [5, 5.41) is 22.3. The zero-order chi connectivity index (χ0) is 17.8. The van der Waals surface area contributed by atoms with Crippen molar-refractivity contribution in [2.24, 2.45) is 5.92 Å². The topological polar surface area (TPSA) is 98.1 Å². The molecule has 3 N–H and O–H groups in total. The number of carbonyl (C=O) groups is 1. The summed E-state index contributed by atoms with van der Waals surface area (Å²) in [7, 11) is 1.59. The van der Waals surface area contributed by atoms with Crippen LogP contribution in [-0.2, 0) is 11.2 Å². The minimum atomic E-state index is -0.834. The summed E-state index contributed by atoms with van der Waals surface area (Å²) in [4.78, 5) is 15.5. The second-order valence-electron chi connectivity index (χ2n) is 5.65. The fourth-order valence-corrected chi connectivity index (χ4v) is 2.64. The molecule has 3 aromatic rings. The molecule has 1 amide bonds. The first-order chi connectivity index (χ1) is 12.1. The molecule has 126 valence electrons. The number of anilines is 1. The van der Waals surface area contributed by atoms with Crippen molar-refractivity contribution >= 4 is 22.5 Å². The number of nitrogens with zero attached hydrogens (tertiary/aromatic N) is 1. The van der Waals surface area contributed by atoms with E-state index in [0.717, 1.165) is 22.2 Å². The first kappa shape index (κ1) is 16.4. The molecule has 25 heavy (non-hydrogen) atoms. The molecule has 1 aromatic heterocycles. The van der Waals surface area contributed by atoms with Gasteiger partial charge in [0, 0.05) is 22.8 Å². The van der Waals surface area contributed by atoms with Crippen LogP contribution in [0.15, 0.2) is 48.7 Å². The van der Waals surface area contributed by atoms with Crippen LogP contribution in [0.3, 0.4) is 0 Å². The number of amides is 1. The first-order valence-electron chi connectivity index (χ1n) is 7.74. The number of ether oxygens (including phenoxy) is 1. The van der Waals surface area contributed by atoms with Gasteiger partial charge in [-0.1, -0.05) is 0 Å². The number of methoxy groups -OCH3 is 1. The van der Waals surface area contributed by atoms with E-state index in [0.29, 0.717) is 5.69 Å². The molecule has 0 radical (unpaired) electrons. The van der Waals surface area contributed by atoms with Gasteiger partial charge in [-0.2, -0.15) is 5.26 Å². The van der Waals surface area contributed by atoms with Gasteiger partial charge in [-0.3, -0.25) is 4.79 Å². The molecule has 6 heteroatoms. The van der Waals surface area contributed by atoms with Crippen LogP contribution in [0.4, 0.5) is 5.69 Å². The Hall–Kier alpha value is -3.46. The van der Waals surface area contributed by atoms with Gasteiger partial charge in [-0.25, -0.2) is 0 Å². The fourth-order valence-electron chi connectivity index (χ4n) is 2.64. The van der Waals surface area contributed by atoms with E-state index in [4.69, 9.17) is 4.74 Å². The highest BCUT2D eigenvalue weighted by atomic mass is 16.5. The Morgan fingerprint density at radius 3 is 2.76 bits per heavy atom. The van der Waals surface area contributed by atoms with Crippen LogP contribution in [0.2, 0.25) is 0 Å². The number of phenolic OH excluding ortho intramolecular Hbond substituents is 1. The summed E-state index contributed by atoms with van der Waals surface area (Å²) < 4.78 is 5.24. The van der Waals surface area contributed by atoms with Gasteiger partial charge in [0.05, 0.1) is 13.2 Å². The Kier molecular flexibility index (Phi) is 4.57. The number of nitriles is 1. The van der Waals surface area contributed by atoms with Gasteiger partial charge in [0.1, 0.15) is 17.4 Å². The van der Waals surface area contributed by atoms with Crippen LogP contribution in [0, 0.1) is 17.2 Å². The average molecular weight is 335 g/mol. The van der Waals surface area contributed by atoms with Crippen LogP contribution < -0.4 is 10.1 Å². The minimum absolute atomic E-state index is 0.113. The Labute approximate surface area is 144 Å². The number of aromatic hydroxyl groups is 1. The average Bonchev–Trinajstić information content (AvgIpc) is 3.03.